The number of hydrogen-bond acceptors (Lipinski definition) is 7. The monoisotopic (exact) mass is 412 g/mol. The van der Waals surface area contributed by atoms with Gasteiger partial charge in [-0.15, -0.1) is 11.8 Å². The predicted octanol–water partition coefficient (Wildman–Crippen LogP) is 3.44. The summed E-state index contributed by atoms with van der Waals surface area (Å²) in [4.78, 5) is 23.8. The maximum Gasteiger partial charge on any atom is 0.337 e. The molecule has 0 amide bonds. The van der Waals surface area contributed by atoms with Crippen LogP contribution in [0.3, 0.4) is 0 Å². The summed E-state index contributed by atoms with van der Waals surface area (Å²) in [6, 6.07) is 6.90. The van der Waals surface area contributed by atoms with Gasteiger partial charge in [0.2, 0.25) is 5.12 Å². The van der Waals surface area contributed by atoms with E-state index in [0.29, 0.717) is 21.8 Å². The van der Waals surface area contributed by atoms with Crippen molar-refractivity contribution in [3.63, 3.8) is 0 Å². The molecule has 2 rings (SSSR count). The molecule has 0 spiro atoms. The lowest BCUT2D eigenvalue weighted by molar-refractivity contribution is -0.107. The number of hydrogen-bond donors (Lipinski definition) is 0. The van der Waals surface area contributed by atoms with Gasteiger partial charge < -0.3 is 4.42 Å². The highest BCUT2D eigenvalue weighted by Gasteiger charge is 2.14. The number of carbonyl (C=O) groups excluding carboxylic acids is 1. The van der Waals surface area contributed by atoms with Gasteiger partial charge in [0.25, 0.3) is 0 Å². The first kappa shape index (κ1) is 20.8. The molecule has 0 aliphatic carbocycles. The van der Waals surface area contributed by atoms with E-state index in [2.05, 4.69) is 6.58 Å². The van der Waals surface area contributed by atoms with E-state index in [1.165, 1.54) is 17.8 Å². The molecule has 0 N–H and O–H groups in total. The number of sulfone groups is 1. The van der Waals surface area contributed by atoms with Crippen LogP contribution in [0, 0.1) is 6.92 Å². The lowest BCUT2D eigenvalue weighted by Crippen LogP contribution is -2.15. The number of thioether (sulfide) groups is 2. The van der Waals surface area contributed by atoms with Gasteiger partial charge in [-0.1, -0.05) is 30.0 Å². The van der Waals surface area contributed by atoms with Gasteiger partial charge in [-0.05, 0) is 31.6 Å². The average Bonchev–Trinajstić information content (AvgIpc) is 2.54. The summed E-state index contributed by atoms with van der Waals surface area (Å²) in [6.45, 7) is 7.07. The van der Waals surface area contributed by atoms with E-state index in [1.54, 1.807) is 13.0 Å². The van der Waals surface area contributed by atoms with E-state index in [1.807, 2.05) is 19.1 Å². The first-order valence-electron chi connectivity index (χ1n) is 7.88. The van der Waals surface area contributed by atoms with Crippen molar-refractivity contribution in [1.29, 1.82) is 0 Å². The number of carbonyl (C=O) groups is 1. The van der Waals surface area contributed by atoms with Crippen LogP contribution in [-0.4, -0.2) is 36.5 Å². The number of fused-ring (bicyclic) bond motifs is 1. The molecule has 1 aromatic carbocycles. The zero-order chi connectivity index (χ0) is 19.3. The molecular weight excluding hydrogens is 392 g/mol. The summed E-state index contributed by atoms with van der Waals surface area (Å²) in [5.41, 5.74) is 1.47. The van der Waals surface area contributed by atoms with Gasteiger partial charge in [-0.3, -0.25) is 4.79 Å². The predicted molar refractivity (Wildman–Crippen MR) is 109 cm³/mol. The standard InChI is InChI=1S/C18H20O5S3/c1-12(2)18(20)25-7-9-26(21,22)8-6-24-16-11-17(19)23-15-5-4-13(3)10-14(15)16/h4-5,10-11H,1,6-9H2,2-3H3. The second kappa shape index (κ2) is 8.92. The van der Waals surface area contributed by atoms with E-state index in [0.717, 1.165) is 22.7 Å². The number of rotatable bonds is 8. The average molecular weight is 413 g/mol. The Morgan fingerprint density at radius 2 is 1.88 bits per heavy atom. The Bertz CT molecular complexity index is 990. The second-order valence-electron chi connectivity index (χ2n) is 5.85. The number of benzene rings is 1. The highest BCUT2D eigenvalue weighted by atomic mass is 32.2. The van der Waals surface area contributed by atoms with Crippen molar-refractivity contribution in [1.82, 2.24) is 0 Å². The number of aryl methyl sites for hydroxylation is 1. The van der Waals surface area contributed by atoms with Crippen LogP contribution < -0.4 is 5.63 Å². The molecule has 26 heavy (non-hydrogen) atoms. The van der Waals surface area contributed by atoms with Crippen molar-refractivity contribution in [2.45, 2.75) is 18.7 Å². The van der Waals surface area contributed by atoms with Gasteiger partial charge in [0.15, 0.2) is 9.84 Å². The van der Waals surface area contributed by atoms with E-state index >= 15 is 0 Å². The maximum absolute atomic E-state index is 12.1. The molecule has 0 aliphatic rings. The zero-order valence-electron chi connectivity index (χ0n) is 14.6. The minimum Gasteiger partial charge on any atom is -0.423 e. The van der Waals surface area contributed by atoms with Crippen molar-refractivity contribution in [2.75, 3.05) is 23.0 Å². The van der Waals surface area contributed by atoms with E-state index in [-0.39, 0.29) is 22.4 Å². The molecule has 140 valence electrons. The fraction of sp³-hybridized carbons (Fsp3) is 0.333. The van der Waals surface area contributed by atoms with Gasteiger partial charge in [-0.25, -0.2) is 13.2 Å². The molecule has 0 unspecified atom stereocenters. The van der Waals surface area contributed by atoms with E-state index < -0.39 is 15.5 Å². The van der Waals surface area contributed by atoms with Gasteiger partial charge in [0.1, 0.15) is 5.58 Å². The normalized spacial score (nSPS) is 11.6. The zero-order valence-corrected chi connectivity index (χ0v) is 17.1. The first-order chi connectivity index (χ1) is 12.2. The molecule has 8 heteroatoms. The van der Waals surface area contributed by atoms with Crippen LogP contribution in [-0.2, 0) is 14.6 Å². The molecule has 0 radical (unpaired) electrons. The summed E-state index contributed by atoms with van der Waals surface area (Å²) in [5.74, 6) is 0.463. The molecular formula is C18H20O5S3. The Hall–Kier alpha value is -1.51. The molecule has 5 nitrogen and oxygen atoms in total. The maximum atomic E-state index is 12.1. The summed E-state index contributed by atoms with van der Waals surface area (Å²) in [5, 5.41) is 0.613. The van der Waals surface area contributed by atoms with Crippen molar-refractivity contribution in [2.24, 2.45) is 0 Å². The van der Waals surface area contributed by atoms with Crippen LogP contribution in [0.5, 0.6) is 0 Å². The quantitative estimate of drug-likeness (QED) is 0.373. The molecule has 0 atom stereocenters. The van der Waals surface area contributed by atoms with Crippen LogP contribution in [0.25, 0.3) is 11.0 Å². The fourth-order valence-corrected chi connectivity index (χ4v) is 6.18. The summed E-state index contributed by atoms with van der Waals surface area (Å²) in [7, 11) is -3.27. The molecule has 0 aliphatic heterocycles. The largest absolute Gasteiger partial charge is 0.423 e. The van der Waals surface area contributed by atoms with Crippen LogP contribution >= 0.6 is 23.5 Å². The second-order valence-corrected chi connectivity index (χ2v) is 10.4. The van der Waals surface area contributed by atoms with Crippen LogP contribution in [0.1, 0.15) is 12.5 Å². The fourth-order valence-electron chi connectivity index (χ4n) is 2.13. The third-order valence-corrected chi connectivity index (χ3v) is 7.73. The van der Waals surface area contributed by atoms with E-state index in [4.69, 9.17) is 4.42 Å². The SMILES string of the molecule is C=C(C)C(=O)SCCS(=O)(=O)CCSc1cc(=O)oc2ccc(C)cc12. The Morgan fingerprint density at radius 1 is 1.19 bits per heavy atom. The molecule has 0 saturated heterocycles. The molecule has 1 aromatic heterocycles. The minimum absolute atomic E-state index is 0.0208. The first-order valence-corrected chi connectivity index (χ1v) is 11.7. The van der Waals surface area contributed by atoms with Gasteiger partial charge in [-0.2, -0.15) is 0 Å². The summed E-state index contributed by atoms with van der Waals surface area (Å²) >= 11 is 2.29. The summed E-state index contributed by atoms with van der Waals surface area (Å²) in [6.07, 6.45) is 0. The van der Waals surface area contributed by atoms with Crippen LogP contribution in [0.4, 0.5) is 0 Å². The lowest BCUT2D eigenvalue weighted by Gasteiger charge is -2.07. The smallest absolute Gasteiger partial charge is 0.337 e. The highest BCUT2D eigenvalue weighted by molar-refractivity contribution is 8.14. The minimum atomic E-state index is -3.27. The Kier molecular flexibility index (Phi) is 7.14. The summed E-state index contributed by atoms with van der Waals surface area (Å²) < 4.78 is 29.4. The molecule has 0 fully saturated rings. The van der Waals surface area contributed by atoms with Crippen molar-refractivity contribution >= 4 is 49.4 Å². The molecule has 0 bridgehead atoms. The van der Waals surface area contributed by atoms with Gasteiger partial charge in [0.05, 0.1) is 11.5 Å². The topological polar surface area (TPSA) is 81.4 Å². The van der Waals surface area contributed by atoms with E-state index in [9.17, 15) is 18.0 Å². The third-order valence-electron chi connectivity index (χ3n) is 3.49. The van der Waals surface area contributed by atoms with Crippen molar-refractivity contribution in [3.05, 3.63) is 52.4 Å². The Balaban J connectivity index is 1.98. The van der Waals surface area contributed by atoms with Gasteiger partial charge in [0, 0.05) is 27.9 Å². The highest BCUT2D eigenvalue weighted by Crippen LogP contribution is 2.27. The Labute approximate surface area is 161 Å². The lowest BCUT2D eigenvalue weighted by atomic mass is 10.2. The Morgan fingerprint density at radius 3 is 2.58 bits per heavy atom. The molecule has 0 saturated carbocycles. The van der Waals surface area contributed by atoms with Crippen LogP contribution in [0.2, 0.25) is 0 Å². The third kappa shape index (κ3) is 6.03. The van der Waals surface area contributed by atoms with Crippen molar-refractivity contribution < 1.29 is 17.6 Å². The van der Waals surface area contributed by atoms with Crippen LogP contribution in [0.15, 0.2) is 50.5 Å². The van der Waals surface area contributed by atoms with Gasteiger partial charge >= 0.3 is 5.63 Å². The molecule has 1 heterocycles. The van der Waals surface area contributed by atoms with Crippen molar-refractivity contribution in [3.8, 4) is 0 Å². The molecule has 2 aromatic rings.